The molecule has 1 aromatic carbocycles. The average Bonchev–Trinajstić information content (AvgIpc) is 3.01. The Hall–Kier alpha value is -1.69. The zero-order valence-electron chi connectivity index (χ0n) is 7.99. The molecule has 1 aliphatic rings. The highest BCUT2D eigenvalue weighted by Gasteiger charge is 2.23. The SMILES string of the molecule is COc1cc(OC2CC2)ccc1C#N. The molecule has 3 heteroatoms. The largest absolute Gasteiger partial charge is 0.495 e. The van der Waals surface area contributed by atoms with Crippen LogP contribution in [0.4, 0.5) is 0 Å². The van der Waals surface area contributed by atoms with Crippen molar-refractivity contribution >= 4 is 0 Å². The minimum Gasteiger partial charge on any atom is -0.495 e. The molecule has 1 aromatic rings. The van der Waals surface area contributed by atoms with Crippen LogP contribution in [0.3, 0.4) is 0 Å². The summed E-state index contributed by atoms with van der Waals surface area (Å²) in [4.78, 5) is 0. The minimum absolute atomic E-state index is 0.368. The van der Waals surface area contributed by atoms with Crippen LogP contribution in [-0.2, 0) is 0 Å². The number of methoxy groups -OCH3 is 1. The van der Waals surface area contributed by atoms with E-state index in [4.69, 9.17) is 14.7 Å². The molecule has 1 aliphatic carbocycles. The van der Waals surface area contributed by atoms with Crippen LogP contribution >= 0.6 is 0 Å². The van der Waals surface area contributed by atoms with Gasteiger partial charge in [0.05, 0.1) is 18.8 Å². The van der Waals surface area contributed by atoms with Gasteiger partial charge >= 0.3 is 0 Å². The number of nitriles is 1. The molecule has 14 heavy (non-hydrogen) atoms. The van der Waals surface area contributed by atoms with Crippen molar-refractivity contribution in [1.82, 2.24) is 0 Å². The maximum atomic E-state index is 8.76. The molecule has 0 aliphatic heterocycles. The van der Waals surface area contributed by atoms with E-state index in [1.165, 1.54) is 0 Å². The lowest BCUT2D eigenvalue weighted by Gasteiger charge is -2.07. The van der Waals surface area contributed by atoms with Crippen molar-refractivity contribution in [2.75, 3.05) is 7.11 Å². The van der Waals surface area contributed by atoms with Gasteiger partial charge < -0.3 is 9.47 Å². The van der Waals surface area contributed by atoms with Gasteiger partial charge in [0.2, 0.25) is 0 Å². The normalized spacial score (nSPS) is 14.6. The Balaban J connectivity index is 2.22. The summed E-state index contributed by atoms with van der Waals surface area (Å²) < 4.78 is 10.7. The second kappa shape index (κ2) is 3.59. The van der Waals surface area contributed by atoms with Crippen LogP contribution in [-0.4, -0.2) is 13.2 Å². The lowest BCUT2D eigenvalue weighted by Crippen LogP contribution is -1.97. The van der Waals surface area contributed by atoms with E-state index in [2.05, 4.69) is 6.07 Å². The molecule has 0 N–H and O–H groups in total. The molecule has 0 bridgehead atoms. The van der Waals surface area contributed by atoms with E-state index < -0.39 is 0 Å². The van der Waals surface area contributed by atoms with Crippen molar-refractivity contribution in [1.29, 1.82) is 5.26 Å². The van der Waals surface area contributed by atoms with Gasteiger partial charge in [0.1, 0.15) is 17.6 Å². The fourth-order valence-corrected chi connectivity index (χ4v) is 1.22. The van der Waals surface area contributed by atoms with Crippen LogP contribution in [0.1, 0.15) is 18.4 Å². The number of ether oxygens (including phenoxy) is 2. The minimum atomic E-state index is 0.368. The molecule has 0 amide bonds. The van der Waals surface area contributed by atoms with Crippen LogP contribution in [0.2, 0.25) is 0 Å². The van der Waals surface area contributed by atoms with Gasteiger partial charge in [-0.05, 0) is 25.0 Å². The third kappa shape index (κ3) is 1.80. The number of hydrogen-bond acceptors (Lipinski definition) is 3. The number of hydrogen-bond donors (Lipinski definition) is 0. The Labute approximate surface area is 82.9 Å². The van der Waals surface area contributed by atoms with Crippen LogP contribution in [0.5, 0.6) is 11.5 Å². The Kier molecular flexibility index (Phi) is 2.28. The first-order valence-corrected chi connectivity index (χ1v) is 4.58. The summed E-state index contributed by atoms with van der Waals surface area (Å²) in [5.41, 5.74) is 0.538. The third-order valence-electron chi connectivity index (χ3n) is 2.12. The highest BCUT2D eigenvalue weighted by Crippen LogP contribution is 2.30. The molecule has 0 atom stereocenters. The Morgan fingerprint density at radius 1 is 1.43 bits per heavy atom. The zero-order valence-corrected chi connectivity index (χ0v) is 7.99. The summed E-state index contributed by atoms with van der Waals surface area (Å²) in [7, 11) is 1.55. The fraction of sp³-hybridized carbons (Fsp3) is 0.364. The molecule has 0 radical (unpaired) electrons. The second-order valence-corrected chi connectivity index (χ2v) is 3.29. The lowest BCUT2D eigenvalue weighted by atomic mass is 10.2. The Bertz CT molecular complexity index is 377. The van der Waals surface area contributed by atoms with Gasteiger partial charge in [-0.1, -0.05) is 0 Å². The molecule has 2 rings (SSSR count). The third-order valence-corrected chi connectivity index (χ3v) is 2.12. The van der Waals surface area contributed by atoms with Gasteiger partial charge in [0.25, 0.3) is 0 Å². The summed E-state index contributed by atoms with van der Waals surface area (Å²) in [6, 6.07) is 7.35. The van der Waals surface area contributed by atoms with Crippen molar-refractivity contribution in [3.05, 3.63) is 23.8 Å². The van der Waals surface area contributed by atoms with Gasteiger partial charge in [-0.2, -0.15) is 5.26 Å². The highest BCUT2D eigenvalue weighted by atomic mass is 16.5. The second-order valence-electron chi connectivity index (χ2n) is 3.29. The predicted octanol–water partition coefficient (Wildman–Crippen LogP) is 2.11. The molecular weight excluding hydrogens is 178 g/mol. The Morgan fingerprint density at radius 3 is 2.79 bits per heavy atom. The van der Waals surface area contributed by atoms with E-state index in [1.54, 1.807) is 25.3 Å². The van der Waals surface area contributed by atoms with E-state index >= 15 is 0 Å². The molecule has 0 spiro atoms. The smallest absolute Gasteiger partial charge is 0.140 e. The van der Waals surface area contributed by atoms with Crippen molar-refractivity contribution < 1.29 is 9.47 Å². The summed E-state index contributed by atoms with van der Waals surface area (Å²) in [5, 5.41) is 8.76. The number of benzene rings is 1. The summed E-state index contributed by atoms with van der Waals surface area (Å²) in [5.74, 6) is 1.36. The maximum absolute atomic E-state index is 8.76. The van der Waals surface area contributed by atoms with E-state index in [0.29, 0.717) is 17.4 Å². The van der Waals surface area contributed by atoms with Crippen LogP contribution in [0, 0.1) is 11.3 Å². The average molecular weight is 189 g/mol. The molecule has 1 saturated carbocycles. The van der Waals surface area contributed by atoms with Gasteiger partial charge in [0, 0.05) is 6.07 Å². The number of rotatable bonds is 3. The standard InChI is InChI=1S/C11H11NO2/c1-13-11-6-10(14-9-4-5-9)3-2-8(11)7-12/h2-3,6,9H,4-5H2,1H3. The molecular formula is C11H11NO2. The maximum Gasteiger partial charge on any atom is 0.140 e. The molecule has 1 fully saturated rings. The van der Waals surface area contributed by atoms with Crippen LogP contribution in [0.15, 0.2) is 18.2 Å². The molecule has 0 unspecified atom stereocenters. The molecule has 3 nitrogen and oxygen atoms in total. The fourth-order valence-electron chi connectivity index (χ4n) is 1.22. The van der Waals surface area contributed by atoms with E-state index in [0.717, 1.165) is 18.6 Å². The first-order valence-electron chi connectivity index (χ1n) is 4.58. The Morgan fingerprint density at radius 2 is 2.21 bits per heavy atom. The molecule has 0 aromatic heterocycles. The number of nitrogens with zero attached hydrogens (tertiary/aromatic N) is 1. The lowest BCUT2D eigenvalue weighted by molar-refractivity contribution is 0.300. The van der Waals surface area contributed by atoms with Gasteiger partial charge in [0.15, 0.2) is 0 Å². The predicted molar refractivity (Wildman–Crippen MR) is 51.4 cm³/mol. The summed E-state index contributed by atoms with van der Waals surface area (Å²) in [6.45, 7) is 0. The highest BCUT2D eigenvalue weighted by molar-refractivity contribution is 5.47. The summed E-state index contributed by atoms with van der Waals surface area (Å²) >= 11 is 0. The van der Waals surface area contributed by atoms with E-state index in [9.17, 15) is 0 Å². The van der Waals surface area contributed by atoms with Crippen molar-refractivity contribution in [3.63, 3.8) is 0 Å². The first-order chi connectivity index (χ1) is 6.83. The zero-order chi connectivity index (χ0) is 9.97. The monoisotopic (exact) mass is 189 g/mol. The van der Waals surface area contributed by atoms with Crippen molar-refractivity contribution in [2.24, 2.45) is 0 Å². The molecule has 72 valence electrons. The van der Waals surface area contributed by atoms with E-state index in [-0.39, 0.29) is 0 Å². The molecule has 0 saturated heterocycles. The van der Waals surface area contributed by atoms with Crippen LogP contribution in [0.25, 0.3) is 0 Å². The van der Waals surface area contributed by atoms with Crippen molar-refractivity contribution in [3.8, 4) is 17.6 Å². The van der Waals surface area contributed by atoms with Gasteiger partial charge in [-0.3, -0.25) is 0 Å². The van der Waals surface area contributed by atoms with Gasteiger partial charge in [-0.25, -0.2) is 0 Å². The summed E-state index contributed by atoms with van der Waals surface area (Å²) in [6.07, 6.45) is 2.62. The quantitative estimate of drug-likeness (QED) is 0.731. The molecule has 0 heterocycles. The van der Waals surface area contributed by atoms with E-state index in [1.807, 2.05) is 0 Å². The van der Waals surface area contributed by atoms with Gasteiger partial charge in [-0.15, -0.1) is 0 Å². The first kappa shape index (κ1) is 8.89. The topological polar surface area (TPSA) is 42.2 Å². The van der Waals surface area contributed by atoms with Crippen LogP contribution < -0.4 is 9.47 Å². The van der Waals surface area contributed by atoms with Crippen molar-refractivity contribution in [2.45, 2.75) is 18.9 Å².